The number of rotatable bonds is 2. The van der Waals surface area contributed by atoms with Gasteiger partial charge < -0.3 is 10.4 Å². The van der Waals surface area contributed by atoms with E-state index in [0.717, 1.165) is 16.8 Å². The number of hydrogen-bond donors (Lipinski definition) is 2. The molecule has 0 saturated carbocycles. The molecule has 98 valence electrons. The van der Waals surface area contributed by atoms with Gasteiger partial charge in [-0.15, -0.1) is 0 Å². The second-order valence-corrected chi connectivity index (χ2v) is 4.59. The number of nitrogens with zero attached hydrogens (tertiary/aromatic N) is 1. The molecule has 0 atom stereocenters. The molecule has 1 aromatic carbocycles. The number of aryl methyl sites for hydroxylation is 3. The Morgan fingerprint density at radius 2 is 1.89 bits per heavy atom. The number of phenolic OH excluding ortho intramolecular Hbond substituents is 1. The number of carbonyl (C=O) groups excluding carboxylic acids is 1. The minimum Gasteiger partial charge on any atom is -0.508 e. The van der Waals surface area contributed by atoms with Gasteiger partial charge in [-0.25, -0.2) is 0 Å². The molecule has 0 radical (unpaired) electrons. The van der Waals surface area contributed by atoms with Crippen LogP contribution in [0, 0.1) is 20.8 Å². The first kappa shape index (κ1) is 13.1. The van der Waals surface area contributed by atoms with Crippen LogP contribution in [-0.2, 0) is 0 Å². The molecule has 4 heteroatoms. The van der Waals surface area contributed by atoms with Crippen LogP contribution in [0.3, 0.4) is 0 Å². The monoisotopic (exact) mass is 256 g/mol. The lowest BCUT2D eigenvalue weighted by Crippen LogP contribution is -2.13. The molecule has 1 aromatic heterocycles. The summed E-state index contributed by atoms with van der Waals surface area (Å²) in [5.41, 5.74) is 3.62. The molecule has 2 aromatic rings. The summed E-state index contributed by atoms with van der Waals surface area (Å²) < 4.78 is 0. The highest BCUT2D eigenvalue weighted by Gasteiger charge is 2.09. The maximum absolute atomic E-state index is 12.1. The summed E-state index contributed by atoms with van der Waals surface area (Å²) in [4.78, 5) is 16.2. The molecule has 2 N–H and O–H groups in total. The van der Waals surface area contributed by atoms with E-state index >= 15 is 0 Å². The summed E-state index contributed by atoms with van der Waals surface area (Å²) in [6, 6.07) is 6.81. The predicted octanol–water partition coefficient (Wildman–Crippen LogP) is 2.96. The Morgan fingerprint density at radius 3 is 2.58 bits per heavy atom. The molecule has 0 bridgehead atoms. The van der Waals surface area contributed by atoms with Gasteiger partial charge in [0.15, 0.2) is 0 Å². The van der Waals surface area contributed by atoms with E-state index in [9.17, 15) is 9.90 Å². The zero-order valence-electron chi connectivity index (χ0n) is 11.2. The van der Waals surface area contributed by atoms with Gasteiger partial charge in [-0.3, -0.25) is 9.78 Å². The third kappa shape index (κ3) is 2.91. The smallest absolute Gasteiger partial charge is 0.255 e. The van der Waals surface area contributed by atoms with E-state index in [4.69, 9.17) is 0 Å². The second kappa shape index (κ2) is 5.10. The van der Waals surface area contributed by atoms with Crippen LogP contribution in [0.4, 0.5) is 5.69 Å². The van der Waals surface area contributed by atoms with Crippen LogP contribution in [0.1, 0.15) is 27.2 Å². The van der Waals surface area contributed by atoms with Crippen molar-refractivity contribution in [2.75, 3.05) is 5.32 Å². The van der Waals surface area contributed by atoms with E-state index in [-0.39, 0.29) is 11.7 Å². The van der Waals surface area contributed by atoms with Gasteiger partial charge in [-0.2, -0.15) is 0 Å². The molecule has 4 nitrogen and oxygen atoms in total. The molecule has 0 aliphatic heterocycles. The number of nitrogens with one attached hydrogen (secondary N) is 1. The Morgan fingerprint density at radius 1 is 1.16 bits per heavy atom. The van der Waals surface area contributed by atoms with Crippen molar-refractivity contribution in [1.82, 2.24) is 4.98 Å². The van der Waals surface area contributed by atoms with Gasteiger partial charge in [0.05, 0.1) is 0 Å². The Kier molecular flexibility index (Phi) is 3.51. The number of amides is 1. The van der Waals surface area contributed by atoms with Crippen LogP contribution in [0.5, 0.6) is 5.75 Å². The average molecular weight is 256 g/mol. The zero-order chi connectivity index (χ0) is 14.0. The lowest BCUT2D eigenvalue weighted by Gasteiger charge is -2.10. The highest BCUT2D eigenvalue weighted by molar-refractivity contribution is 6.04. The summed E-state index contributed by atoms with van der Waals surface area (Å²) in [6.45, 7) is 5.47. The zero-order valence-corrected chi connectivity index (χ0v) is 11.2. The standard InChI is InChI=1S/C15H16N2O2/c1-9-7-14(18)10(2)6-13(9)17-15(19)12-4-5-16-11(3)8-12/h4-8,18H,1-3H3,(H,17,19). The molecule has 0 fully saturated rings. The summed E-state index contributed by atoms with van der Waals surface area (Å²) in [5, 5.41) is 12.4. The number of carbonyl (C=O) groups is 1. The SMILES string of the molecule is Cc1cc(C(=O)Nc2cc(C)c(O)cc2C)ccn1. The molecule has 1 heterocycles. The Hall–Kier alpha value is -2.36. The van der Waals surface area contributed by atoms with Gasteiger partial charge in [0.2, 0.25) is 0 Å². The number of aromatic nitrogens is 1. The van der Waals surface area contributed by atoms with Crippen LogP contribution in [0.2, 0.25) is 0 Å². The summed E-state index contributed by atoms with van der Waals surface area (Å²) in [7, 11) is 0. The first-order chi connectivity index (χ1) is 8.97. The molecule has 2 rings (SSSR count). The van der Waals surface area contributed by atoms with Crippen molar-refractivity contribution < 1.29 is 9.90 Å². The molecule has 0 aliphatic carbocycles. The lowest BCUT2D eigenvalue weighted by atomic mass is 10.1. The van der Waals surface area contributed by atoms with Crippen LogP contribution in [-0.4, -0.2) is 16.0 Å². The van der Waals surface area contributed by atoms with Crippen LogP contribution < -0.4 is 5.32 Å². The molecule has 0 aliphatic rings. The third-order valence-electron chi connectivity index (χ3n) is 2.95. The first-order valence-corrected chi connectivity index (χ1v) is 6.01. The summed E-state index contributed by atoms with van der Waals surface area (Å²) in [6.07, 6.45) is 1.61. The number of anilines is 1. The van der Waals surface area contributed by atoms with Gasteiger partial charge in [0.25, 0.3) is 5.91 Å². The topological polar surface area (TPSA) is 62.2 Å². The van der Waals surface area contributed by atoms with Gasteiger partial charge in [-0.05, 0) is 56.2 Å². The normalized spacial score (nSPS) is 10.3. The van der Waals surface area contributed by atoms with E-state index in [1.54, 1.807) is 37.4 Å². The molecule has 19 heavy (non-hydrogen) atoms. The van der Waals surface area contributed by atoms with Crippen molar-refractivity contribution in [1.29, 1.82) is 0 Å². The minimum absolute atomic E-state index is 0.182. The van der Waals surface area contributed by atoms with Crippen molar-refractivity contribution in [3.63, 3.8) is 0 Å². The Balaban J connectivity index is 2.27. The quantitative estimate of drug-likeness (QED) is 0.812. The van der Waals surface area contributed by atoms with Crippen molar-refractivity contribution in [3.8, 4) is 5.75 Å². The minimum atomic E-state index is -0.182. The largest absolute Gasteiger partial charge is 0.508 e. The number of aromatic hydroxyl groups is 1. The number of pyridine rings is 1. The number of benzene rings is 1. The van der Waals surface area contributed by atoms with Gasteiger partial charge in [0.1, 0.15) is 5.75 Å². The van der Waals surface area contributed by atoms with Crippen molar-refractivity contribution >= 4 is 11.6 Å². The predicted molar refractivity (Wildman–Crippen MR) is 74.5 cm³/mol. The average Bonchev–Trinajstić information content (AvgIpc) is 2.36. The molecule has 0 saturated heterocycles. The maximum atomic E-state index is 12.1. The van der Waals surface area contributed by atoms with E-state index in [2.05, 4.69) is 10.3 Å². The lowest BCUT2D eigenvalue weighted by molar-refractivity contribution is 0.102. The van der Waals surface area contributed by atoms with Gasteiger partial charge in [-0.1, -0.05) is 0 Å². The van der Waals surface area contributed by atoms with Crippen LogP contribution in [0.15, 0.2) is 30.5 Å². The third-order valence-corrected chi connectivity index (χ3v) is 2.95. The molecular formula is C15H16N2O2. The molecule has 0 unspecified atom stereocenters. The van der Waals surface area contributed by atoms with Crippen molar-refractivity contribution in [2.24, 2.45) is 0 Å². The van der Waals surface area contributed by atoms with E-state index in [1.165, 1.54) is 0 Å². The number of hydrogen-bond acceptors (Lipinski definition) is 3. The fraction of sp³-hybridized carbons (Fsp3) is 0.200. The summed E-state index contributed by atoms with van der Waals surface area (Å²) in [5.74, 6) is 0.0499. The molecular weight excluding hydrogens is 240 g/mol. The molecule has 0 spiro atoms. The Labute approximate surface area is 112 Å². The van der Waals surface area contributed by atoms with Gasteiger partial charge >= 0.3 is 0 Å². The summed E-state index contributed by atoms with van der Waals surface area (Å²) >= 11 is 0. The first-order valence-electron chi connectivity index (χ1n) is 6.01. The fourth-order valence-electron chi connectivity index (χ4n) is 1.82. The van der Waals surface area contributed by atoms with E-state index in [1.807, 2.05) is 13.8 Å². The van der Waals surface area contributed by atoms with Gasteiger partial charge in [0, 0.05) is 23.1 Å². The van der Waals surface area contributed by atoms with Crippen LogP contribution >= 0.6 is 0 Å². The van der Waals surface area contributed by atoms with E-state index < -0.39 is 0 Å². The second-order valence-electron chi connectivity index (χ2n) is 4.59. The van der Waals surface area contributed by atoms with Crippen LogP contribution in [0.25, 0.3) is 0 Å². The molecule has 1 amide bonds. The fourth-order valence-corrected chi connectivity index (χ4v) is 1.82. The highest BCUT2D eigenvalue weighted by Crippen LogP contribution is 2.25. The van der Waals surface area contributed by atoms with E-state index in [0.29, 0.717) is 11.3 Å². The highest BCUT2D eigenvalue weighted by atomic mass is 16.3. The Bertz CT molecular complexity index is 636. The maximum Gasteiger partial charge on any atom is 0.255 e. The van der Waals surface area contributed by atoms with Crippen molar-refractivity contribution in [3.05, 3.63) is 52.8 Å². The van der Waals surface area contributed by atoms with Crippen molar-refractivity contribution in [2.45, 2.75) is 20.8 Å². The number of phenols is 1.